The summed E-state index contributed by atoms with van der Waals surface area (Å²) in [4.78, 5) is 15.6. The number of nitrogens with zero attached hydrogens (tertiary/aromatic N) is 3. The summed E-state index contributed by atoms with van der Waals surface area (Å²) in [6, 6.07) is 62.2. The standard InChI is InChI=1S/C50H35N3/c1-50(2)42-19-11-9-17-38(42)41-30-29-40-39-18-10-12-20-43(39)51-48(46(40)47(41)50)36-27-25-35(26-28-36)45-31-44(52-49(53-45)37-15-7-4-8-16-37)34-23-21-33(22-24-34)32-13-5-3-6-14-32/h3-31H,1-2H3. The van der Waals surface area contributed by atoms with Crippen LogP contribution < -0.4 is 0 Å². The molecule has 2 heterocycles. The molecule has 0 N–H and O–H groups in total. The molecular formula is C50H35N3. The number of para-hydroxylation sites is 1. The SMILES string of the molecule is CC1(C)c2ccccc2-c2ccc3c(c(-c4ccc(-c5cc(-c6ccc(-c7ccccc7)cc6)nc(-c6ccccc6)n5)cc4)nc4ccccc43)c21. The summed E-state index contributed by atoms with van der Waals surface area (Å²) in [5.41, 5.74) is 15.4. The van der Waals surface area contributed by atoms with Gasteiger partial charge in [0, 0.05) is 38.4 Å². The topological polar surface area (TPSA) is 38.7 Å². The van der Waals surface area contributed by atoms with E-state index in [-0.39, 0.29) is 5.41 Å². The van der Waals surface area contributed by atoms with Gasteiger partial charge in [-0.2, -0.15) is 0 Å². The van der Waals surface area contributed by atoms with Gasteiger partial charge in [-0.3, -0.25) is 0 Å². The number of hydrogen-bond acceptors (Lipinski definition) is 3. The number of fused-ring (bicyclic) bond motifs is 7. The molecule has 0 saturated heterocycles. The lowest BCUT2D eigenvalue weighted by atomic mass is 9.79. The average Bonchev–Trinajstić information content (AvgIpc) is 3.47. The summed E-state index contributed by atoms with van der Waals surface area (Å²) in [6.45, 7) is 4.71. The first-order valence-corrected chi connectivity index (χ1v) is 18.2. The fourth-order valence-corrected chi connectivity index (χ4v) is 8.25. The highest BCUT2D eigenvalue weighted by Crippen LogP contribution is 2.53. The van der Waals surface area contributed by atoms with Crippen molar-refractivity contribution in [2.75, 3.05) is 0 Å². The summed E-state index contributed by atoms with van der Waals surface area (Å²) in [5, 5.41) is 3.64. The van der Waals surface area contributed by atoms with Gasteiger partial charge in [0.05, 0.1) is 22.6 Å². The van der Waals surface area contributed by atoms with E-state index in [1.807, 2.05) is 24.3 Å². The van der Waals surface area contributed by atoms with Gasteiger partial charge < -0.3 is 0 Å². The molecule has 0 unspecified atom stereocenters. The van der Waals surface area contributed by atoms with Gasteiger partial charge in [0.25, 0.3) is 0 Å². The molecule has 3 heteroatoms. The highest BCUT2D eigenvalue weighted by Gasteiger charge is 2.37. The third-order valence-corrected chi connectivity index (χ3v) is 10.9. The van der Waals surface area contributed by atoms with Gasteiger partial charge in [-0.15, -0.1) is 0 Å². The van der Waals surface area contributed by atoms with Crippen molar-refractivity contribution in [3.05, 3.63) is 187 Å². The lowest BCUT2D eigenvalue weighted by Gasteiger charge is -2.24. The Kier molecular flexibility index (Phi) is 7.16. The Hall–Kier alpha value is -6.71. The van der Waals surface area contributed by atoms with E-state index in [4.69, 9.17) is 15.0 Å². The van der Waals surface area contributed by atoms with Crippen LogP contribution in [0.5, 0.6) is 0 Å². The summed E-state index contributed by atoms with van der Waals surface area (Å²) in [5.74, 6) is 0.703. The Bertz CT molecular complexity index is 2820. The van der Waals surface area contributed by atoms with E-state index in [1.165, 1.54) is 49.5 Å². The van der Waals surface area contributed by atoms with Crippen LogP contribution in [-0.4, -0.2) is 15.0 Å². The first-order valence-electron chi connectivity index (χ1n) is 18.2. The van der Waals surface area contributed by atoms with Crippen molar-refractivity contribution < 1.29 is 0 Å². The van der Waals surface area contributed by atoms with Gasteiger partial charge in [0.2, 0.25) is 0 Å². The van der Waals surface area contributed by atoms with Crippen molar-refractivity contribution in [3.63, 3.8) is 0 Å². The molecule has 7 aromatic carbocycles. The third-order valence-electron chi connectivity index (χ3n) is 10.9. The molecule has 0 bridgehead atoms. The molecule has 0 radical (unpaired) electrons. The van der Waals surface area contributed by atoms with Gasteiger partial charge in [-0.05, 0) is 50.9 Å². The predicted octanol–water partition coefficient (Wildman–Crippen LogP) is 12.8. The van der Waals surface area contributed by atoms with E-state index in [0.717, 1.165) is 44.9 Å². The Morgan fingerprint density at radius 3 is 1.64 bits per heavy atom. The number of aromatic nitrogens is 3. The normalized spacial score (nSPS) is 12.9. The maximum absolute atomic E-state index is 5.39. The van der Waals surface area contributed by atoms with E-state index < -0.39 is 0 Å². The Morgan fingerprint density at radius 1 is 0.396 bits per heavy atom. The molecule has 3 nitrogen and oxygen atoms in total. The van der Waals surface area contributed by atoms with Gasteiger partial charge >= 0.3 is 0 Å². The van der Waals surface area contributed by atoms with Crippen LogP contribution >= 0.6 is 0 Å². The minimum absolute atomic E-state index is 0.172. The molecule has 0 saturated carbocycles. The second-order valence-electron chi connectivity index (χ2n) is 14.4. The zero-order valence-corrected chi connectivity index (χ0v) is 29.6. The highest BCUT2D eigenvalue weighted by atomic mass is 14.9. The molecule has 10 rings (SSSR count). The average molecular weight is 678 g/mol. The molecule has 0 atom stereocenters. The predicted molar refractivity (Wildman–Crippen MR) is 220 cm³/mol. The van der Waals surface area contributed by atoms with Gasteiger partial charge in [-0.25, -0.2) is 15.0 Å². The van der Waals surface area contributed by atoms with E-state index in [2.05, 4.69) is 166 Å². The van der Waals surface area contributed by atoms with Crippen molar-refractivity contribution in [1.82, 2.24) is 15.0 Å². The first kappa shape index (κ1) is 31.1. The Balaban J connectivity index is 1.11. The highest BCUT2D eigenvalue weighted by molar-refractivity contribution is 6.15. The second-order valence-corrected chi connectivity index (χ2v) is 14.4. The molecule has 0 amide bonds. The molecule has 250 valence electrons. The fraction of sp³-hybridized carbons (Fsp3) is 0.0600. The van der Waals surface area contributed by atoms with E-state index >= 15 is 0 Å². The zero-order chi connectivity index (χ0) is 35.5. The van der Waals surface area contributed by atoms with Crippen LogP contribution in [0.25, 0.3) is 89.1 Å². The summed E-state index contributed by atoms with van der Waals surface area (Å²) in [7, 11) is 0. The van der Waals surface area contributed by atoms with Crippen molar-refractivity contribution >= 4 is 21.7 Å². The number of rotatable bonds is 5. The van der Waals surface area contributed by atoms with Crippen LogP contribution in [0.4, 0.5) is 0 Å². The summed E-state index contributed by atoms with van der Waals surface area (Å²) >= 11 is 0. The Morgan fingerprint density at radius 2 is 0.943 bits per heavy atom. The fourth-order valence-electron chi connectivity index (χ4n) is 8.25. The third kappa shape index (κ3) is 5.16. The minimum Gasteiger partial charge on any atom is -0.247 e. The molecule has 1 aliphatic rings. The van der Waals surface area contributed by atoms with Crippen LogP contribution in [0, 0.1) is 0 Å². The lowest BCUT2D eigenvalue weighted by Crippen LogP contribution is -2.16. The monoisotopic (exact) mass is 677 g/mol. The molecule has 0 spiro atoms. The number of hydrogen-bond donors (Lipinski definition) is 0. The van der Waals surface area contributed by atoms with Crippen molar-refractivity contribution in [2.24, 2.45) is 0 Å². The smallest absolute Gasteiger partial charge is 0.160 e. The molecule has 9 aromatic rings. The summed E-state index contributed by atoms with van der Waals surface area (Å²) < 4.78 is 0. The quantitative estimate of drug-likeness (QED) is 0.170. The molecule has 53 heavy (non-hydrogen) atoms. The molecule has 0 aliphatic heterocycles. The molecule has 1 aliphatic carbocycles. The zero-order valence-electron chi connectivity index (χ0n) is 29.6. The van der Waals surface area contributed by atoms with Gasteiger partial charge in [0.1, 0.15) is 0 Å². The van der Waals surface area contributed by atoms with Crippen molar-refractivity contribution in [1.29, 1.82) is 0 Å². The maximum atomic E-state index is 5.39. The van der Waals surface area contributed by atoms with Crippen LogP contribution in [0.15, 0.2) is 176 Å². The van der Waals surface area contributed by atoms with Crippen molar-refractivity contribution in [3.8, 4) is 67.4 Å². The minimum atomic E-state index is -0.172. The second kappa shape index (κ2) is 12.2. The van der Waals surface area contributed by atoms with E-state index in [1.54, 1.807) is 0 Å². The van der Waals surface area contributed by atoms with Crippen molar-refractivity contribution in [2.45, 2.75) is 19.3 Å². The van der Waals surface area contributed by atoms with E-state index in [9.17, 15) is 0 Å². The lowest BCUT2D eigenvalue weighted by molar-refractivity contribution is 0.666. The molecular weight excluding hydrogens is 643 g/mol. The van der Waals surface area contributed by atoms with Crippen LogP contribution in [0.2, 0.25) is 0 Å². The van der Waals surface area contributed by atoms with Crippen LogP contribution in [0.1, 0.15) is 25.0 Å². The van der Waals surface area contributed by atoms with Crippen LogP contribution in [0.3, 0.4) is 0 Å². The maximum Gasteiger partial charge on any atom is 0.160 e. The number of pyridine rings is 1. The largest absolute Gasteiger partial charge is 0.247 e. The van der Waals surface area contributed by atoms with Crippen LogP contribution in [-0.2, 0) is 5.41 Å². The molecule has 2 aromatic heterocycles. The Labute approximate surface area is 309 Å². The number of benzene rings is 7. The first-order chi connectivity index (χ1) is 26.0. The van der Waals surface area contributed by atoms with Gasteiger partial charge in [0.15, 0.2) is 5.82 Å². The van der Waals surface area contributed by atoms with Gasteiger partial charge in [-0.1, -0.05) is 178 Å². The molecule has 0 fully saturated rings. The van der Waals surface area contributed by atoms with E-state index in [0.29, 0.717) is 5.82 Å². The summed E-state index contributed by atoms with van der Waals surface area (Å²) in [6.07, 6.45) is 0.